The van der Waals surface area contributed by atoms with Crippen molar-refractivity contribution in [2.75, 3.05) is 7.05 Å². The average Bonchev–Trinajstić information content (AvgIpc) is 3.01. The van der Waals surface area contributed by atoms with E-state index in [9.17, 15) is 9.59 Å². The van der Waals surface area contributed by atoms with E-state index in [2.05, 4.69) is 18.9 Å². The highest BCUT2D eigenvalue weighted by atomic mass is 16.4. The van der Waals surface area contributed by atoms with Crippen LogP contribution >= 0.6 is 0 Å². The number of hydrogen-bond donors (Lipinski definition) is 1. The molecular weight excluding hydrogens is 334 g/mol. The Morgan fingerprint density at radius 1 is 1.31 bits per heavy atom. The Balaban J connectivity index is 2.09. The maximum absolute atomic E-state index is 12.6. The third-order valence-electron chi connectivity index (χ3n) is 4.42. The molecule has 1 amide bonds. The van der Waals surface area contributed by atoms with Crippen molar-refractivity contribution in [2.45, 2.75) is 54.1 Å². The molecule has 142 valence electrons. The average molecular weight is 361 g/mol. The van der Waals surface area contributed by atoms with Crippen LogP contribution in [0.3, 0.4) is 0 Å². The largest absolute Gasteiger partial charge is 0.478 e. The lowest BCUT2D eigenvalue weighted by atomic mass is 10.1. The molecule has 0 saturated heterocycles. The molecule has 2 rings (SSSR count). The number of nitrogens with zero attached hydrogens (tertiary/aromatic N) is 3. The number of hydrogen-bond acceptors (Lipinski definition) is 4. The second kappa shape index (κ2) is 7.76. The summed E-state index contributed by atoms with van der Waals surface area (Å²) in [6.07, 6.45) is 0.262. The summed E-state index contributed by atoms with van der Waals surface area (Å²) in [5, 5.41) is 13.6. The Labute approximate surface area is 153 Å². The van der Waals surface area contributed by atoms with Crippen molar-refractivity contribution in [2.24, 2.45) is 5.92 Å². The van der Waals surface area contributed by atoms with Gasteiger partial charge in [0.2, 0.25) is 5.91 Å². The van der Waals surface area contributed by atoms with Gasteiger partial charge in [0.15, 0.2) is 0 Å². The molecule has 0 aromatic carbocycles. The highest BCUT2D eigenvalue weighted by Crippen LogP contribution is 2.19. The number of aromatic nitrogens is 2. The molecule has 26 heavy (non-hydrogen) atoms. The zero-order chi connectivity index (χ0) is 19.6. The zero-order valence-electron chi connectivity index (χ0n) is 16.3. The van der Waals surface area contributed by atoms with E-state index in [4.69, 9.17) is 9.52 Å². The van der Waals surface area contributed by atoms with Crippen molar-refractivity contribution in [3.63, 3.8) is 0 Å². The molecule has 0 atom stereocenters. The van der Waals surface area contributed by atoms with E-state index in [0.717, 1.165) is 23.5 Å². The molecule has 0 fully saturated rings. The number of carbonyl (C=O) groups is 2. The number of carbonyl (C=O) groups excluding carboxylic acids is 1. The quantitative estimate of drug-likeness (QED) is 0.819. The lowest BCUT2D eigenvalue weighted by Gasteiger charge is -2.16. The highest BCUT2D eigenvalue weighted by Gasteiger charge is 2.20. The summed E-state index contributed by atoms with van der Waals surface area (Å²) in [5.74, 6) is 0.182. The standard InChI is InChI=1S/C19H27N3O4/c1-11(2)9-22-13(4)16(12(3)20-22)8-18(23)21(6)10-15-7-17(19(24)25)14(5)26-15/h7,11H,8-10H2,1-6H3,(H,24,25). The van der Waals surface area contributed by atoms with Crippen LogP contribution in [-0.2, 0) is 24.3 Å². The fourth-order valence-corrected chi connectivity index (χ4v) is 2.96. The molecule has 0 aliphatic carbocycles. The van der Waals surface area contributed by atoms with Gasteiger partial charge in [-0.05, 0) is 32.8 Å². The summed E-state index contributed by atoms with van der Waals surface area (Å²) in [5.41, 5.74) is 2.96. The van der Waals surface area contributed by atoms with Crippen LogP contribution in [0.25, 0.3) is 0 Å². The van der Waals surface area contributed by atoms with Crippen LogP contribution < -0.4 is 0 Å². The van der Waals surface area contributed by atoms with Crippen LogP contribution in [-0.4, -0.2) is 38.7 Å². The number of amides is 1. The zero-order valence-corrected chi connectivity index (χ0v) is 16.3. The van der Waals surface area contributed by atoms with E-state index >= 15 is 0 Å². The first-order chi connectivity index (χ1) is 12.1. The lowest BCUT2D eigenvalue weighted by molar-refractivity contribution is -0.129. The Hall–Kier alpha value is -2.57. The number of carboxylic acid groups (broad SMARTS) is 1. The SMILES string of the molecule is Cc1nn(CC(C)C)c(C)c1CC(=O)N(C)Cc1cc(C(=O)O)c(C)o1. The number of aromatic carboxylic acids is 1. The van der Waals surface area contributed by atoms with E-state index in [1.807, 2.05) is 18.5 Å². The predicted molar refractivity (Wildman–Crippen MR) is 97.1 cm³/mol. The predicted octanol–water partition coefficient (Wildman–Crippen LogP) is 2.96. The first-order valence-electron chi connectivity index (χ1n) is 8.69. The summed E-state index contributed by atoms with van der Waals surface area (Å²) >= 11 is 0. The molecule has 1 N–H and O–H groups in total. The van der Waals surface area contributed by atoms with E-state index < -0.39 is 5.97 Å². The summed E-state index contributed by atoms with van der Waals surface area (Å²) in [4.78, 5) is 25.3. The number of aryl methyl sites for hydroxylation is 2. The number of carboxylic acids is 1. The van der Waals surface area contributed by atoms with Crippen LogP contribution in [0.15, 0.2) is 10.5 Å². The maximum atomic E-state index is 12.6. The number of furan rings is 1. The Morgan fingerprint density at radius 3 is 2.50 bits per heavy atom. The first-order valence-corrected chi connectivity index (χ1v) is 8.69. The van der Waals surface area contributed by atoms with Crippen LogP contribution in [0.2, 0.25) is 0 Å². The van der Waals surface area contributed by atoms with Gasteiger partial charge >= 0.3 is 5.97 Å². The Kier molecular flexibility index (Phi) is 5.90. The minimum Gasteiger partial charge on any atom is -0.478 e. The van der Waals surface area contributed by atoms with E-state index in [0.29, 0.717) is 17.4 Å². The monoisotopic (exact) mass is 361 g/mol. The summed E-state index contributed by atoms with van der Waals surface area (Å²) in [7, 11) is 1.68. The van der Waals surface area contributed by atoms with Crippen molar-refractivity contribution in [1.29, 1.82) is 0 Å². The van der Waals surface area contributed by atoms with Gasteiger partial charge in [-0.1, -0.05) is 13.8 Å². The van der Waals surface area contributed by atoms with Crippen molar-refractivity contribution < 1.29 is 19.1 Å². The number of rotatable bonds is 7. The molecule has 2 aromatic rings. The van der Waals surface area contributed by atoms with Gasteiger partial charge in [0.25, 0.3) is 0 Å². The molecule has 2 heterocycles. The molecule has 0 aliphatic heterocycles. The van der Waals surface area contributed by atoms with Gasteiger partial charge in [-0.25, -0.2) is 4.79 Å². The van der Waals surface area contributed by atoms with Gasteiger partial charge in [-0.15, -0.1) is 0 Å². The second-order valence-corrected chi connectivity index (χ2v) is 7.14. The normalized spacial score (nSPS) is 11.2. The molecule has 0 radical (unpaired) electrons. The van der Waals surface area contributed by atoms with Crippen molar-refractivity contribution in [3.05, 3.63) is 40.1 Å². The maximum Gasteiger partial charge on any atom is 0.339 e. The molecule has 0 spiro atoms. The fourth-order valence-electron chi connectivity index (χ4n) is 2.96. The van der Waals surface area contributed by atoms with Crippen LogP contribution in [0.4, 0.5) is 0 Å². The summed E-state index contributed by atoms with van der Waals surface area (Å²) in [6.45, 7) is 10.8. The molecular formula is C19H27N3O4. The minimum atomic E-state index is -1.03. The van der Waals surface area contributed by atoms with Gasteiger partial charge in [-0.2, -0.15) is 5.10 Å². The third-order valence-corrected chi connectivity index (χ3v) is 4.42. The summed E-state index contributed by atoms with van der Waals surface area (Å²) in [6, 6.07) is 1.47. The van der Waals surface area contributed by atoms with Crippen LogP contribution in [0.1, 0.15) is 52.7 Å². The van der Waals surface area contributed by atoms with Gasteiger partial charge in [0, 0.05) is 24.8 Å². The highest BCUT2D eigenvalue weighted by molar-refractivity contribution is 5.88. The second-order valence-electron chi connectivity index (χ2n) is 7.14. The molecule has 0 saturated carbocycles. The molecule has 7 heteroatoms. The van der Waals surface area contributed by atoms with Crippen molar-refractivity contribution in [1.82, 2.24) is 14.7 Å². The van der Waals surface area contributed by atoms with E-state index in [-0.39, 0.29) is 24.4 Å². The molecule has 0 unspecified atom stereocenters. The minimum absolute atomic E-state index is 0.0637. The Bertz CT molecular complexity index is 817. The molecule has 7 nitrogen and oxygen atoms in total. The van der Waals surface area contributed by atoms with Gasteiger partial charge in [-0.3, -0.25) is 9.48 Å². The van der Waals surface area contributed by atoms with Crippen molar-refractivity contribution in [3.8, 4) is 0 Å². The molecule has 0 bridgehead atoms. The van der Waals surface area contributed by atoms with Crippen LogP contribution in [0, 0.1) is 26.7 Å². The van der Waals surface area contributed by atoms with Gasteiger partial charge in [0.05, 0.1) is 18.7 Å². The van der Waals surface area contributed by atoms with E-state index in [1.54, 1.807) is 18.9 Å². The number of likely N-dealkylation sites (N-methyl/N-ethyl adjacent to an activating group) is 1. The van der Waals surface area contributed by atoms with Gasteiger partial charge in [0.1, 0.15) is 17.1 Å². The Morgan fingerprint density at radius 2 is 1.96 bits per heavy atom. The molecule has 2 aromatic heterocycles. The first kappa shape index (κ1) is 19.8. The molecule has 0 aliphatic rings. The van der Waals surface area contributed by atoms with E-state index in [1.165, 1.54) is 6.07 Å². The third kappa shape index (κ3) is 4.33. The lowest BCUT2D eigenvalue weighted by Crippen LogP contribution is -2.28. The van der Waals surface area contributed by atoms with Crippen LogP contribution in [0.5, 0.6) is 0 Å². The van der Waals surface area contributed by atoms with Crippen molar-refractivity contribution >= 4 is 11.9 Å². The van der Waals surface area contributed by atoms with Gasteiger partial charge < -0.3 is 14.4 Å². The summed E-state index contributed by atoms with van der Waals surface area (Å²) < 4.78 is 7.41. The topological polar surface area (TPSA) is 88.6 Å². The fraction of sp³-hybridized carbons (Fsp3) is 0.526. The smallest absolute Gasteiger partial charge is 0.339 e.